The number of likely N-dealkylation sites (tertiary alicyclic amines) is 1. The molecule has 152 valence electrons. The molecule has 2 heterocycles. The first-order valence-corrected chi connectivity index (χ1v) is 11.4. The molecule has 0 N–H and O–H groups in total. The van der Waals surface area contributed by atoms with Crippen LogP contribution in [-0.4, -0.2) is 46.8 Å². The second-order valence-corrected chi connectivity index (χ2v) is 9.55. The predicted octanol–water partition coefficient (Wildman–Crippen LogP) is 4.73. The van der Waals surface area contributed by atoms with Gasteiger partial charge in [-0.15, -0.1) is 0 Å². The van der Waals surface area contributed by atoms with Crippen LogP contribution in [0.1, 0.15) is 41.5 Å². The number of halogens is 1. The molecule has 1 unspecified atom stereocenters. The van der Waals surface area contributed by atoms with Gasteiger partial charge in [-0.2, -0.15) is 0 Å². The lowest BCUT2D eigenvalue weighted by Gasteiger charge is -2.34. The molecule has 0 spiro atoms. The van der Waals surface area contributed by atoms with Crippen LogP contribution in [0.15, 0.2) is 48.5 Å². The van der Waals surface area contributed by atoms with Crippen LogP contribution in [-0.2, 0) is 11.3 Å². The Bertz CT molecular complexity index is 883. The molecule has 2 saturated heterocycles. The van der Waals surface area contributed by atoms with Gasteiger partial charge < -0.3 is 14.5 Å². The fourth-order valence-electron chi connectivity index (χ4n) is 4.92. The van der Waals surface area contributed by atoms with E-state index in [4.69, 9.17) is 4.74 Å². The minimum atomic E-state index is -0.186. The van der Waals surface area contributed by atoms with Crippen molar-refractivity contribution in [2.45, 2.75) is 31.4 Å². The number of piperazine rings is 1. The molecule has 0 radical (unpaired) electrons. The maximum absolute atomic E-state index is 12.9. The summed E-state index contributed by atoms with van der Waals surface area (Å²) < 4.78 is 8.01. The number of carbonyl (C=O) groups excluding carboxylic acids is 1. The molecular formula is C23H26IN3O2. The highest BCUT2D eigenvalue weighted by molar-refractivity contribution is 14.1. The molecule has 2 aromatic carbocycles. The van der Waals surface area contributed by atoms with Crippen molar-refractivity contribution in [2.24, 2.45) is 0 Å². The van der Waals surface area contributed by atoms with Crippen molar-refractivity contribution in [2.75, 3.05) is 37.6 Å². The molecular weight excluding hydrogens is 477 g/mol. The standard InChI is InChI=1S/C23H26IN3O2/c24-26-12-10-25(11-13-26)19-6-7-20-18-8-9-27(22(14-18)21(20)15-19)23(28)29-16-17-4-2-1-3-5-17/h1-7,15,18,22H,8-14,16H2/t18-,22?/m0/s1. The van der Waals surface area contributed by atoms with Crippen LogP contribution in [0.3, 0.4) is 0 Å². The maximum atomic E-state index is 12.9. The average Bonchev–Trinajstić information content (AvgIpc) is 3.05. The van der Waals surface area contributed by atoms with Crippen LogP contribution in [0, 0.1) is 0 Å². The van der Waals surface area contributed by atoms with Gasteiger partial charge in [0, 0.05) is 61.3 Å². The smallest absolute Gasteiger partial charge is 0.410 e. The van der Waals surface area contributed by atoms with E-state index in [0.29, 0.717) is 12.5 Å². The zero-order valence-electron chi connectivity index (χ0n) is 16.5. The summed E-state index contributed by atoms with van der Waals surface area (Å²) in [6, 6.07) is 17.0. The molecule has 2 fully saturated rings. The minimum Gasteiger partial charge on any atom is -0.445 e. The molecule has 1 aliphatic carbocycles. The van der Waals surface area contributed by atoms with Gasteiger partial charge in [0.1, 0.15) is 6.61 Å². The van der Waals surface area contributed by atoms with Gasteiger partial charge in [0.25, 0.3) is 0 Å². The monoisotopic (exact) mass is 503 g/mol. The largest absolute Gasteiger partial charge is 0.445 e. The Morgan fingerprint density at radius 2 is 1.79 bits per heavy atom. The van der Waals surface area contributed by atoms with E-state index in [1.807, 2.05) is 35.2 Å². The number of carbonyl (C=O) groups is 1. The highest BCUT2D eigenvalue weighted by Crippen LogP contribution is 2.50. The highest BCUT2D eigenvalue weighted by atomic mass is 127. The molecule has 0 saturated carbocycles. The van der Waals surface area contributed by atoms with Gasteiger partial charge >= 0.3 is 6.09 Å². The molecule has 29 heavy (non-hydrogen) atoms. The number of amides is 1. The van der Waals surface area contributed by atoms with Crippen molar-refractivity contribution in [3.8, 4) is 0 Å². The van der Waals surface area contributed by atoms with Crippen molar-refractivity contribution in [1.29, 1.82) is 0 Å². The van der Waals surface area contributed by atoms with Crippen LogP contribution in [0.5, 0.6) is 0 Å². The topological polar surface area (TPSA) is 36.0 Å². The summed E-state index contributed by atoms with van der Waals surface area (Å²) >= 11 is 2.41. The van der Waals surface area contributed by atoms with Gasteiger partial charge in [-0.3, -0.25) is 0 Å². The lowest BCUT2D eigenvalue weighted by molar-refractivity contribution is 0.0694. The van der Waals surface area contributed by atoms with E-state index in [1.54, 1.807) is 0 Å². The van der Waals surface area contributed by atoms with Crippen LogP contribution in [0.25, 0.3) is 0 Å². The van der Waals surface area contributed by atoms with E-state index in [2.05, 4.69) is 49.1 Å². The first-order valence-electron chi connectivity index (χ1n) is 10.5. The van der Waals surface area contributed by atoms with Crippen LogP contribution < -0.4 is 4.90 Å². The molecule has 2 bridgehead atoms. The predicted molar refractivity (Wildman–Crippen MR) is 122 cm³/mol. The van der Waals surface area contributed by atoms with E-state index in [9.17, 15) is 4.79 Å². The van der Waals surface area contributed by atoms with Crippen molar-refractivity contribution in [3.05, 3.63) is 65.2 Å². The van der Waals surface area contributed by atoms with Crippen molar-refractivity contribution >= 4 is 34.6 Å². The second kappa shape index (κ2) is 8.14. The number of anilines is 1. The lowest BCUT2D eigenvalue weighted by atomic mass is 9.96. The van der Waals surface area contributed by atoms with Gasteiger partial charge in [0.15, 0.2) is 0 Å². The molecule has 3 aliphatic rings. The summed E-state index contributed by atoms with van der Waals surface area (Å²) in [7, 11) is 0. The van der Waals surface area contributed by atoms with Gasteiger partial charge in [-0.05, 0) is 47.6 Å². The molecule has 6 heteroatoms. The third kappa shape index (κ3) is 3.84. The van der Waals surface area contributed by atoms with Crippen molar-refractivity contribution in [3.63, 3.8) is 0 Å². The molecule has 5 rings (SSSR count). The molecule has 2 aliphatic heterocycles. The van der Waals surface area contributed by atoms with Crippen LogP contribution >= 0.6 is 22.9 Å². The van der Waals surface area contributed by atoms with Gasteiger partial charge in [-0.25, -0.2) is 7.91 Å². The maximum Gasteiger partial charge on any atom is 0.410 e. The Morgan fingerprint density at radius 1 is 1.00 bits per heavy atom. The summed E-state index contributed by atoms with van der Waals surface area (Å²) in [4.78, 5) is 17.3. The SMILES string of the molecule is O=C(OCc1ccccc1)N1CC[C@H]2CC1c1cc(N3CCN(I)CC3)ccc12. The molecule has 5 nitrogen and oxygen atoms in total. The van der Waals surface area contributed by atoms with E-state index < -0.39 is 0 Å². The average molecular weight is 503 g/mol. The molecule has 2 atom stereocenters. The van der Waals surface area contributed by atoms with E-state index in [0.717, 1.165) is 51.1 Å². The summed E-state index contributed by atoms with van der Waals surface area (Å²) in [6.45, 7) is 5.39. The normalized spacial score (nSPS) is 23.8. The van der Waals surface area contributed by atoms with E-state index >= 15 is 0 Å². The quantitative estimate of drug-likeness (QED) is 0.449. The Morgan fingerprint density at radius 3 is 2.59 bits per heavy atom. The zero-order chi connectivity index (χ0) is 19.8. The Labute approximate surface area is 186 Å². The second-order valence-electron chi connectivity index (χ2n) is 8.18. The number of ether oxygens (including phenoxy) is 1. The molecule has 1 amide bonds. The summed E-state index contributed by atoms with van der Waals surface area (Å²) in [5.41, 5.74) is 5.08. The van der Waals surface area contributed by atoms with Crippen molar-refractivity contribution < 1.29 is 9.53 Å². The first kappa shape index (κ1) is 19.2. The highest BCUT2D eigenvalue weighted by Gasteiger charge is 2.41. The fourth-order valence-corrected chi connectivity index (χ4v) is 5.35. The summed E-state index contributed by atoms with van der Waals surface area (Å²) in [5, 5.41) is 0. The third-order valence-corrected chi connectivity index (χ3v) is 7.47. The Hall–Kier alpha value is -1.80. The van der Waals surface area contributed by atoms with Gasteiger partial charge in [-0.1, -0.05) is 36.4 Å². The minimum absolute atomic E-state index is 0.151. The van der Waals surface area contributed by atoms with Crippen LogP contribution in [0.4, 0.5) is 10.5 Å². The number of nitrogens with zero attached hydrogens (tertiary/aromatic N) is 3. The number of fused-ring (bicyclic) bond motifs is 5. The Kier molecular flexibility index (Phi) is 5.39. The summed E-state index contributed by atoms with van der Waals surface area (Å²) in [5.74, 6) is 0.577. The summed E-state index contributed by atoms with van der Waals surface area (Å²) in [6.07, 6.45) is 1.87. The molecule has 0 aromatic heterocycles. The molecule has 2 aromatic rings. The van der Waals surface area contributed by atoms with Crippen LogP contribution in [0.2, 0.25) is 0 Å². The van der Waals surface area contributed by atoms with E-state index in [-0.39, 0.29) is 12.1 Å². The zero-order valence-corrected chi connectivity index (χ0v) is 18.6. The first-order chi connectivity index (χ1) is 14.2. The van der Waals surface area contributed by atoms with Gasteiger partial charge in [0.2, 0.25) is 0 Å². The number of piperidine rings is 1. The fraction of sp³-hybridized carbons (Fsp3) is 0.435. The third-order valence-electron chi connectivity index (χ3n) is 6.50. The van der Waals surface area contributed by atoms with Gasteiger partial charge in [0.05, 0.1) is 6.04 Å². The Balaban J connectivity index is 1.32. The number of hydrogen-bond donors (Lipinski definition) is 0. The number of hydrogen-bond acceptors (Lipinski definition) is 4. The number of rotatable bonds is 3. The van der Waals surface area contributed by atoms with E-state index in [1.165, 1.54) is 16.8 Å². The lowest BCUT2D eigenvalue weighted by Crippen LogP contribution is -2.42. The van der Waals surface area contributed by atoms with Crippen molar-refractivity contribution in [1.82, 2.24) is 8.01 Å². The number of benzene rings is 2.